The maximum absolute atomic E-state index is 12.5. The van der Waals surface area contributed by atoms with E-state index >= 15 is 0 Å². The zero-order valence-electron chi connectivity index (χ0n) is 10.3. The van der Waals surface area contributed by atoms with Gasteiger partial charge in [0.2, 0.25) is 0 Å². The highest BCUT2D eigenvalue weighted by molar-refractivity contribution is 4.77. The Morgan fingerprint density at radius 3 is 2.67 bits per heavy atom. The van der Waals surface area contributed by atoms with Crippen molar-refractivity contribution < 1.29 is 27.4 Å². The van der Waals surface area contributed by atoms with Gasteiger partial charge in [0.1, 0.15) is 6.61 Å². The number of rotatable bonds is 6. The van der Waals surface area contributed by atoms with Crippen LogP contribution in [0.15, 0.2) is 0 Å². The van der Waals surface area contributed by atoms with Crippen LogP contribution in [0.1, 0.15) is 13.3 Å². The summed E-state index contributed by atoms with van der Waals surface area (Å²) in [7, 11) is 0. The van der Waals surface area contributed by atoms with Crippen molar-refractivity contribution in [3.8, 4) is 0 Å². The van der Waals surface area contributed by atoms with Gasteiger partial charge in [-0.2, -0.15) is 8.78 Å². The molecule has 1 aliphatic rings. The topological polar surface area (TPSA) is 32.7 Å². The summed E-state index contributed by atoms with van der Waals surface area (Å²) in [5, 5.41) is 9.61. The average Bonchev–Trinajstić information content (AvgIpc) is 2.29. The van der Waals surface area contributed by atoms with Crippen molar-refractivity contribution in [3.05, 3.63) is 0 Å². The first kappa shape index (κ1) is 15.7. The molecule has 0 saturated carbocycles. The second-order valence-electron chi connectivity index (χ2n) is 4.75. The molecule has 0 unspecified atom stereocenters. The SMILES string of the molecule is C[C@H]1CCN(CCOCC(F)(F)C(F)F)C[C@H]1O. The Morgan fingerprint density at radius 2 is 2.11 bits per heavy atom. The highest BCUT2D eigenvalue weighted by Gasteiger charge is 2.40. The maximum atomic E-state index is 12.5. The summed E-state index contributed by atoms with van der Waals surface area (Å²) in [5.74, 6) is -3.86. The monoisotopic (exact) mass is 273 g/mol. The number of nitrogens with zero attached hydrogens (tertiary/aromatic N) is 1. The van der Waals surface area contributed by atoms with Gasteiger partial charge in [0.15, 0.2) is 0 Å². The molecule has 0 radical (unpaired) electrons. The largest absolute Gasteiger partial charge is 0.392 e. The molecule has 0 aliphatic carbocycles. The quantitative estimate of drug-likeness (QED) is 0.589. The molecule has 1 fully saturated rings. The standard InChI is InChI=1S/C11H19F4NO2/c1-8-2-3-16(6-9(8)17)4-5-18-7-11(14,15)10(12)13/h8-10,17H,2-7H2,1H3/t8-,9+/m0/s1. The lowest BCUT2D eigenvalue weighted by atomic mass is 9.96. The van der Waals surface area contributed by atoms with Crippen molar-refractivity contribution in [1.82, 2.24) is 4.90 Å². The third kappa shape index (κ3) is 4.70. The number of halogens is 4. The van der Waals surface area contributed by atoms with E-state index in [9.17, 15) is 22.7 Å². The van der Waals surface area contributed by atoms with Gasteiger partial charge in [-0.3, -0.25) is 4.90 Å². The number of β-amino-alcohol motifs (C(OH)–C–C–N with tert-alkyl or cyclic N) is 1. The van der Waals surface area contributed by atoms with Gasteiger partial charge in [-0.05, 0) is 18.9 Å². The van der Waals surface area contributed by atoms with Gasteiger partial charge in [0, 0.05) is 13.1 Å². The minimum Gasteiger partial charge on any atom is -0.392 e. The third-order valence-corrected chi connectivity index (χ3v) is 3.17. The predicted octanol–water partition coefficient (Wildman–Crippen LogP) is 1.61. The van der Waals surface area contributed by atoms with Gasteiger partial charge >= 0.3 is 12.3 Å². The first-order chi connectivity index (χ1) is 8.33. The van der Waals surface area contributed by atoms with Crippen molar-refractivity contribution in [2.75, 3.05) is 32.8 Å². The Kier molecular flexibility index (Phi) is 5.81. The number of aliphatic hydroxyl groups is 1. The minimum absolute atomic E-state index is 0.0383. The molecule has 1 rings (SSSR count). The van der Waals surface area contributed by atoms with Crippen LogP contribution in [0.5, 0.6) is 0 Å². The number of aliphatic hydroxyl groups excluding tert-OH is 1. The molecule has 7 heteroatoms. The van der Waals surface area contributed by atoms with Crippen molar-refractivity contribution >= 4 is 0 Å². The molecule has 1 aliphatic heterocycles. The molecule has 0 amide bonds. The third-order valence-electron chi connectivity index (χ3n) is 3.17. The number of piperidine rings is 1. The number of alkyl halides is 4. The van der Waals surface area contributed by atoms with Gasteiger partial charge in [-0.15, -0.1) is 0 Å². The lowest BCUT2D eigenvalue weighted by Crippen LogP contribution is -2.44. The summed E-state index contributed by atoms with van der Waals surface area (Å²) >= 11 is 0. The molecular weight excluding hydrogens is 254 g/mol. The molecule has 0 bridgehead atoms. The fraction of sp³-hybridized carbons (Fsp3) is 1.00. The van der Waals surface area contributed by atoms with Crippen LogP contribution < -0.4 is 0 Å². The van der Waals surface area contributed by atoms with Gasteiger partial charge in [-0.25, -0.2) is 8.78 Å². The van der Waals surface area contributed by atoms with Crippen molar-refractivity contribution in [1.29, 1.82) is 0 Å². The first-order valence-electron chi connectivity index (χ1n) is 5.97. The van der Waals surface area contributed by atoms with Gasteiger partial charge < -0.3 is 9.84 Å². The normalized spacial score (nSPS) is 26.8. The minimum atomic E-state index is -4.09. The predicted molar refractivity (Wildman–Crippen MR) is 58.0 cm³/mol. The van der Waals surface area contributed by atoms with E-state index in [1.807, 2.05) is 11.8 Å². The Morgan fingerprint density at radius 1 is 1.44 bits per heavy atom. The maximum Gasteiger partial charge on any atom is 0.330 e. The average molecular weight is 273 g/mol. The van der Waals surface area contributed by atoms with Crippen LogP contribution in [0.25, 0.3) is 0 Å². The lowest BCUT2D eigenvalue weighted by molar-refractivity contribution is -0.166. The van der Waals surface area contributed by atoms with Crippen LogP contribution >= 0.6 is 0 Å². The molecule has 108 valence electrons. The van der Waals surface area contributed by atoms with Crippen LogP contribution in [-0.2, 0) is 4.74 Å². The molecule has 1 heterocycles. The number of hydrogen-bond donors (Lipinski definition) is 1. The summed E-state index contributed by atoms with van der Waals surface area (Å²) < 4.78 is 53.2. The Bertz CT molecular complexity index is 253. The molecular formula is C11H19F4NO2. The Hall–Kier alpha value is -0.400. The Balaban J connectivity index is 2.15. The fourth-order valence-electron chi connectivity index (χ4n) is 1.78. The molecule has 2 atom stereocenters. The van der Waals surface area contributed by atoms with Crippen molar-refractivity contribution in [3.63, 3.8) is 0 Å². The summed E-state index contributed by atoms with van der Waals surface area (Å²) in [6, 6.07) is 0. The zero-order valence-corrected chi connectivity index (χ0v) is 10.3. The van der Waals surface area contributed by atoms with E-state index in [1.165, 1.54) is 0 Å². The summed E-state index contributed by atoms with van der Waals surface area (Å²) in [6.45, 7) is 2.23. The molecule has 0 spiro atoms. The second-order valence-corrected chi connectivity index (χ2v) is 4.75. The van der Waals surface area contributed by atoms with E-state index in [0.717, 1.165) is 13.0 Å². The molecule has 3 nitrogen and oxygen atoms in total. The number of likely N-dealkylation sites (tertiary alicyclic amines) is 1. The number of hydrogen-bond acceptors (Lipinski definition) is 3. The molecule has 0 aromatic heterocycles. The van der Waals surface area contributed by atoms with E-state index < -0.39 is 25.1 Å². The van der Waals surface area contributed by atoms with Gasteiger partial charge in [0.25, 0.3) is 0 Å². The van der Waals surface area contributed by atoms with Crippen LogP contribution in [0.3, 0.4) is 0 Å². The van der Waals surface area contributed by atoms with Crippen LogP contribution in [0.2, 0.25) is 0 Å². The van der Waals surface area contributed by atoms with Crippen molar-refractivity contribution in [2.24, 2.45) is 5.92 Å². The van der Waals surface area contributed by atoms with E-state index in [4.69, 9.17) is 0 Å². The molecule has 18 heavy (non-hydrogen) atoms. The number of ether oxygens (including phenoxy) is 1. The van der Waals surface area contributed by atoms with Crippen LogP contribution in [0.4, 0.5) is 17.6 Å². The van der Waals surface area contributed by atoms with E-state index in [0.29, 0.717) is 13.1 Å². The molecule has 0 aromatic rings. The smallest absolute Gasteiger partial charge is 0.330 e. The molecule has 1 N–H and O–H groups in total. The van der Waals surface area contributed by atoms with E-state index in [2.05, 4.69) is 4.74 Å². The molecule has 1 saturated heterocycles. The van der Waals surface area contributed by atoms with Crippen LogP contribution in [-0.4, -0.2) is 61.3 Å². The second kappa shape index (κ2) is 6.68. The first-order valence-corrected chi connectivity index (χ1v) is 5.97. The zero-order chi connectivity index (χ0) is 13.8. The summed E-state index contributed by atoms with van der Waals surface area (Å²) in [5.41, 5.74) is 0. The van der Waals surface area contributed by atoms with Crippen LogP contribution in [0, 0.1) is 5.92 Å². The van der Waals surface area contributed by atoms with Gasteiger partial charge in [0.05, 0.1) is 12.7 Å². The van der Waals surface area contributed by atoms with Crippen molar-refractivity contribution in [2.45, 2.75) is 31.8 Å². The lowest BCUT2D eigenvalue weighted by Gasteiger charge is -2.34. The molecule has 0 aromatic carbocycles. The highest BCUT2D eigenvalue weighted by atomic mass is 19.3. The summed E-state index contributed by atoms with van der Waals surface area (Å²) in [6.07, 6.45) is -3.30. The van der Waals surface area contributed by atoms with E-state index in [1.54, 1.807) is 0 Å². The Labute approximate surface area is 104 Å². The highest BCUT2D eigenvalue weighted by Crippen LogP contribution is 2.23. The van der Waals surface area contributed by atoms with E-state index in [-0.39, 0.29) is 12.5 Å². The van der Waals surface area contributed by atoms with Gasteiger partial charge in [-0.1, -0.05) is 6.92 Å². The summed E-state index contributed by atoms with van der Waals surface area (Å²) in [4.78, 5) is 1.88. The fourth-order valence-corrected chi connectivity index (χ4v) is 1.78.